The van der Waals surface area contributed by atoms with E-state index < -0.39 is 10.0 Å². The number of sulfonamides is 1. The largest absolute Gasteiger partial charge is 0.335 e. The molecule has 0 aliphatic heterocycles. The molecule has 2 unspecified atom stereocenters. The maximum Gasteiger partial charge on any atom is 0.240 e. The fraction of sp³-hybridized carbons (Fsp3) is 0.421. The molecule has 150 valence electrons. The van der Waals surface area contributed by atoms with Crippen LogP contribution in [0.1, 0.15) is 25.3 Å². The van der Waals surface area contributed by atoms with Crippen molar-refractivity contribution < 1.29 is 18.4 Å². The number of hydrogen-bond acceptors (Lipinski definition) is 5. The number of rotatable bonds is 12. The minimum atomic E-state index is -3.51. The fourth-order valence-electron chi connectivity index (χ4n) is 2.78. The van der Waals surface area contributed by atoms with E-state index in [1.807, 2.05) is 6.92 Å². The van der Waals surface area contributed by atoms with E-state index in [9.17, 15) is 13.2 Å². The molecular weight excluding hydrogens is 366 g/mol. The molecule has 1 amide bonds. The Morgan fingerprint density at radius 2 is 1.89 bits per heavy atom. The molecule has 0 aromatic heterocycles. The number of hydrogen-bond donors (Lipinski definition) is 3. The Bertz CT molecular complexity index is 732. The summed E-state index contributed by atoms with van der Waals surface area (Å²) in [5.41, 5.74) is 2.92. The Balaban J connectivity index is 2.96. The normalized spacial score (nSPS) is 13.6. The van der Waals surface area contributed by atoms with E-state index in [2.05, 4.69) is 23.4 Å². The van der Waals surface area contributed by atoms with E-state index in [1.165, 1.54) is 19.2 Å². The van der Waals surface area contributed by atoms with E-state index in [4.69, 9.17) is 5.21 Å². The van der Waals surface area contributed by atoms with Gasteiger partial charge >= 0.3 is 0 Å². The zero-order chi connectivity index (χ0) is 20.4. The summed E-state index contributed by atoms with van der Waals surface area (Å²) in [6, 6.07) is 5.91. The first-order chi connectivity index (χ1) is 12.8. The number of benzene rings is 1. The summed E-state index contributed by atoms with van der Waals surface area (Å²) >= 11 is 0. The van der Waals surface area contributed by atoms with Crippen LogP contribution in [0.2, 0.25) is 0 Å². The van der Waals surface area contributed by atoms with Gasteiger partial charge in [0.05, 0.1) is 11.3 Å². The highest BCUT2D eigenvalue weighted by Crippen LogP contribution is 2.16. The second kappa shape index (κ2) is 11.0. The van der Waals surface area contributed by atoms with Gasteiger partial charge in [-0.05, 0) is 44.5 Å². The van der Waals surface area contributed by atoms with Gasteiger partial charge < -0.3 is 10.1 Å². The average Bonchev–Trinajstić information content (AvgIpc) is 2.66. The number of nitrogens with zero attached hydrogens (tertiary/aromatic N) is 1. The van der Waals surface area contributed by atoms with Crippen molar-refractivity contribution in [2.24, 2.45) is 0 Å². The fourth-order valence-corrected chi connectivity index (χ4v) is 3.51. The Hall–Kier alpha value is -2.00. The van der Waals surface area contributed by atoms with Crippen LogP contribution in [0.3, 0.4) is 0 Å². The maximum atomic E-state index is 12.9. The lowest BCUT2D eigenvalue weighted by Crippen LogP contribution is -2.44. The third-order valence-electron chi connectivity index (χ3n) is 4.23. The number of carbonyl (C=O) groups is 1. The zero-order valence-electron chi connectivity index (χ0n) is 15.9. The quantitative estimate of drug-likeness (QED) is 0.371. The van der Waals surface area contributed by atoms with Crippen molar-refractivity contribution in [3.05, 3.63) is 55.1 Å². The van der Waals surface area contributed by atoms with Gasteiger partial charge in [-0.1, -0.05) is 24.3 Å². The Morgan fingerprint density at radius 3 is 2.37 bits per heavy atom. The topological polar surface area (TPSA) is 98.7 Å². The van der Waals surface area contributed by atoms with Gasteiger partial charge in [-0.2, -0.15) is 0 Å². The van der Waals surface area contributed by atoms with Crippen LogP contribution in [-0.4, -0.2) is 50.1 Å². The first kappa shape index (κ1) is 23.0. The summed E-state index contributed by atoms with van der Waals surface area (Å²) in [6.45, 7) is 9.68. The molecule has 0 saturated carbocycles. The van der Waals surface area contributed by atoms with Crippen LogP contribution < -0.4 is 10.2 Å². The second-order valence-electron chi connectivity index (χ2n) is 6.31. The van der Waals surface area contributed by atoms with Crippen LogP contribution in [-0.2, 0) is 21.2 Å². The summed E-state index contributed by atoms with van der Waals surface area (Å²) in [5, 5.41) is 9.10. The second-order valence-corrected chi connectivity index (χ2v) is 8.19. The van der Waals surface area contributed by atoms with Crippen LogP contribution in [0, 0.1) is 0 Å². The predicted molar refractivity (Wildman–Crippen MR) is 106 cm³/mol. The molecule has 8 heteroatoms. The summed E-state index contributed by atoms with van der Waals surface area (Å²) in [6.07, 6.45) is 4.69. The van der Waals surface area contributed by atoms with E-state index in [0.717, 1.165) is 5.56 Å². The molecule has 2 atom stereocenters. The minimum absolute atomic E-state index is 0.101. The van der Waals surface area contributed by atoms with Crippen LogP contribution in [0.4, 0.5) is 0 Å². The smallest absolute Gasteiger partial charge is 0.240 e. The molecule has 3 N–H and O–H groups in total. The van der Waals surface area contributed by atoms with Crippen molar-refractivity contribution in [1.29, 1.82) is 0 Å². The lowest BCUT2D eigenvalue weighted by atomic mass is 10.0. The molecule has 0 aliphatic carbocycles. The Kier molecular flexibility index (Phi) is 9.37. The molecule has 0 radical (unpaired) electrons. The van der Waals surface area contributed by atoms with Gasteiger partial charge in [-0.15, -0.1) is 13.2 Å². The lowest BCUT2D eigenvalue weighted by molar-refractivity contribution is -0.132. The molecular formula is C19H29N3O4S. The van der Waals surface area contributed by atoms with Gasteiger partial charge in [0.1, 0.15) is 0 Å². The van der Waals surface area contributed by atoms with Gasteiger partial charge in [0.25, 0.3) is 0 Å². The summed E-state index contributed by atoms with van der Waals surface area (Å²) in [5.74, 6) is -0.101. The van der Waals surface area contributed by atoms with E-state index >= 15 is 0 Å². The van der Waals surface area contributed by atoms with Gasteiger partial charge in [0, 0.05) is 18.6 Å². The monoisotopic (exact) mass is 395 g/mol. The van der Waals surface area contributed by atoms with Crippen molar-refractivity contribution >= 4 is 15.9 Å². The highest BCUT2D eigenvalue weighted by molar-refractivity contribution is 7.89. The molecule has 1 aromatic rings. The van der Waals surface area contributed by atoms with E-state index in [0.29, 0.717) is 19.4 Å². The first-order valence-corrected chi connectivity index (χ1v) is 10.2. The Labute approximate surface area is 161 Å². The number of carbonyl (C=O) groups excluding carboxylic acids is 1. The van der Waals surface area contributed by atoms with Crippen LogP contribution in [0.15, 0.2) is 54.5 Å². The minimum Gasteiger partial charge on any atom is -0.335 e. The first-order valence-electron chi connectivity index (χ1n) is 8.72. The molecule has 0 aliphatic rings. The van der Waals surface area contributed by atoms with Crippen molar-refractivity contribution in [2.75, 3.05) is 13.6 Å². The molecule has 7 nitrogen and oxygen atoms in total. The third-order valence-corrected chi connectivity index (χ3v) is 5.66. The van der Waals surface area contributed by atoms with E-state index in [-0.39, 0.29) is 29.3 Å². The summed E-state index contributed by atoms with van der Waals surface area (Å²) in [7, 11) is -2.16. The standard InChI is InChI=1S/C19H29N3O4S/c1-5-7-17(13-15(3)21-24)22(12-6-2)19(23)14-16-8-10-18(11-9-16)27(25,26)20-4/h5-6,8-11,15,17,20-21,24H,1-2,7,12-14H2,3-4H3. The summed E-state index contributed by atoms with van der Waals surface area (Å²) < 4.78 is 25.8. The molecule has 1 rings (SSSR count). The van der Waals surface area contributed by atoms with Crippen LogP contribution in [0.25, 0.3) is 0 Å². The highest BCUT2D eigenvalue weighted by atomic mass is 32.2. The Morgan fingerprint density at radius 1 is 1.26 bits per heavy atom. The van der Waals surface area contributed by atoms with Gasteiger partial charge in [0.15, 0.2) is 0 Å². The van der Waals surface area contributed by atoms with Crippen molar-refractivity contribution in [3.8, 4) is 0 Å². The maximum absolute atomic E-state index is 12.9. The predicted octanol–water partition coefficient (Wildman–Crippen LogP) is 1.85. The molecule has 0 heterocycles. The lowest BCUT2D eigenvalue weighted by Gasteiger charge is -2.32. The molecule has 0 saturated heterocycles. The molecule has 27 heavy (non-hydrogen) atoms. The van der Waals surface area contributed by atoms with Crippen LogP contribution >= 0.6 is 0 Å². The average molecular weight is 396 g/mol. The third kappa shape index (κ3) is 6.91. The van der Waals surface area contributed by atoms with Crippen molar-refractivity contribution in [2.45, 2.75) is 43.2 Å². The molecule has 0 bridgehead atoms. The number of hydroxylamine groups is 1. The molecule has 1 aromatic carbocycles. The summed E-state index contributed by atoms with van der Waals surface area (Å²) in [4.78, 5) is 14.7. The highest BCUT2D eigenvalue weighted by Gasteiger charge is 2.24. The number of amides is 1. The van der Waals surface area contributed by atoms with Gasteiger partial charge in [0.2, 0.25) is 15.9 Å². The van der Waals surface area contributed by atoms with Crippen LogP contribution in [0.5, 0.6) is 0 Å². The molecule has 0 spiro atoms. The van der Waals surface area contributed by atoms with Crippen molar-refractivity contribution in [1.82, 2.24) is 15.1 Å². The van der Waals surface area contributed by atoms with Gasteiger partial charge in [-0.3, -0.25) is 4.79 Å². The zero-order valence-corrected chi connectivity index (χ0v) is 16.7. The molecule has 0 fully saturated rings. The van der Waals surface area contributed by atoms with Crippen molar-refractivity contribution in [3.63, 3.8) is 0 Å². The SMILES string of the molecule is C=CCC(CC(C)NO)N(CC=C)C(=O)Cc1ccc(S(=O)(=O)NC)cc1. The van der Waals surface area contributed by atoms with Gasteiger partial charge in [-0.25, -0.2) is 18.6 Å². The van der Waals surface area contributed by atoms with E-state index in [1.54, 1.807) is 29.2 Å². The number of nitrogens with one attached hydrogen (secondary N) is 2.